The van der Waals surface area contributed by atoms with Crippen LogP contribution in [0.1, 0.15) is 29.0 Å². The molecule has 0 spiro atoms. The average molecular weight is 305 g/mol. The second-order valence-corrected chi connectivity index (χ2v) is 6.57. The van der Waals surface area contributed by atoms with Crippen molar-refractivity contribution in [3.63, 3.8) is 0 Å². The van der Waals surface area contributed by atoms with Gasteiger partial charge in [-0.15, -0.1) is 0 Å². The topological polar surface area (TPSA) is 89.0 Å². The van der Waals surface area contributed by atoms with Crippen LogP contribution in [0.5, 0.6) is 0 Å². The predicted octanol–water partition coefficient (Wildman–Crippen LogP) is 1.37. The van der Waals surface area contributed by atoms with E-state index >= 15 is 0 Å². The van der Waals surface area contributed by atoms with Gasteiger partial charge in [-0.3, -0.25) is 9.78 Å². The van der Waals surface area contributed by atoms with Gasteiger partial charge in [-0.1, -0.05) is 6.07 Å². The van der Waals surface area contributed by atoms with Crippen LogP contribution in [0.15, 0.2) is 47.8 Å². The van der Waals surface area contributed by atoms with E-state index in [-0.39, 0.29) is 10.9 Å². The van der Waals surface area contributed by atoms with Gasteiger partial charge in [0.25, 0.3) is 5.91 Å². The molecule has 0 unspecified atom stereocenters. The van der Waals surface area contributed by atoms with Crippen molar-refractivity contribution in [1.82, 2.24) is 15.3 Å². The number of rotatable bonds is 4. The van der Waals surface area contributed by atoms with Crippen molar-refractivity contribution in [2.24, 2.45) is 0 Å². The first-order chi connectivity index (χ1) is 9.88. The molecule has 2 aromatic heterocycles. The zero-order valence-corrected chi connectivity index (χ0v) is 12.5. The summed E-state index contributed by atoms with van der Waals surface area (Å²) in [6.45, 7) is 1.74. The maximum atomic E-state index is 12.0. The lowest BCUT2D eigenvalue weighted by Crippen LogP contribution is -2.27. The van der Waals surface area contributed by atoms with E-state index in [1.165, 1.54) is 18.5 Å². The van der Waals surface area contributed by atoms with Crippen LogP contribution in [-0.2, 0) is 9.84 Å². The first-order valence-corrected chi connectivity index (χ1v) is 8.15. The van der Waals surface area contributed by atoms with E-state index in [1.807, 2.05) is 0 Å². The number of pyridine rings is 2. The molecule has 0 aromatic carbocycles. The van der Waals surface area contributed by atoms with Crippen molar-refractivity contribution >= 4 is 15.7 Å². The van der Waals surface area contributed by atoms with Gasteiger partial charge in [0.2, 0.25) is 0 Å². The molecule has 1 N–H and O–H groups in total. The molecule has 2 aromatic rings. The number of carbonyl (C=O) groups is 1. The van der Waals surface area contributed by atoms with Crippen LogP contribution in [0.2, 0.25) is 0 Å². The van der Waals surface area contributed by atoms with E-state index in [0.717, 1.165) is 6.26 Å². The summed E-state index contributed by atoms with van der Waals surface area (Å²) in [6, 6.07) is 7.49. The monoisotopic (exact) mass is 305 g/mol. The van der Waals surface area contributed by atoms with Crippen LogP contribution in [0.25, 0.3) is 0 Å². The van der Waals surface area contributed by atoms with Gasteiger partial charge >= 0.3 is 0 Å². The van der Waals surface area contributed by atoms with Crippen molar-refractivity contribution in [1.29, 1.82) is 0 Å². The highest BCUT2D eigenvalue weighted by atomic mass is 32.2. The van der Waals surface area contributed by atoms with Crippen LogP contribution in [-0.4, -0.2) is 30.5 Å². The lowest BCUT2D eigenvalue weighted by Gasteiger charge is -2.14. The second-order valence-electron chi connectivity index (χ2n) is 4.60. The van der Waals surface area contributed by atoms with Crippen molar-refractivity contribution in [2.75, 3.05) is 6.26 Å². The van der Waals surface area contributed by atoms with Crippen LogP contribution < -0.4 is 5.32 Å². The Morgan fingerprint density at radius 3 is 2.48 bits per heavy atom. The van der Waals surface area contributed by atoms with Gasteiger partial charge in [-0.05, 0) is 31.2 Å². The third-order valence-electron chi connectivity index (χ3n) is 2.86. The fourth-order valence-corrected chi connectivity index (χ4v) is 2.33. The highest BCUT2D eigenvalue weighted by Crippen LogP contribution is 2.13. The Labute approximate surface area is 123 Å². The predicted molar refractivity (Wildman–Crippen MR) is 77.5 cm³/mol. The Morgan fingerprint density at radius 1 is 1.19 bits per heavy atom. The standard InChI is InChI=1S/C14H15N3O3S/c1-10(16-14(18)11-6-8-15-9-7-11)12-4-3-5-13(17-12)21(2,19)20/h3-10H,1-2H3,(H,16,18)/t10-/m0/s1. The number of aromatic nitrogens is 2. The fourth-order valence-electron chi connectivity index (χ4n) is 1.74. The first kappa shape index (κ1) is 15.1. The Bertz CT molecular complexity index is 745. The van der Waals surface area contributed by atoms with E-state index in [4.69, 9.17) is 0 Å². The summed E-state index contributed by atoms with van der Waals surface area (Å²) < 4.78 is 23.0. The lowest BCUT2D eigenvalue weighted by molar-refractivity contribution is 0.0939. The molecule has 0 saturated heterocycles. The molecule has 2 heterocycles. The Morgan fingerprint density at radius 2 is 1.86 bits per heavy atom. The summed E-state index contributed by atoms with van der Waals surface area (Å²) in [5.41, 5.74) is 0.969. The number of carbonyl (C=O) groups excluding carboxylic acids is 1. The Kier molecular flexibility index (Phi) is 4.32. The zero-order valence-electron chi connectivity index (χ0n) is 11.6. The summed E-state index contributed by atoms with van der Waals surface area (Å²) in [6.07, 6.45) is 4.16. The number of nitrogens with zero attached hydrogens (tertiary/aromatic N) is 2. The van der Waals surface area contributed by atoms with Crippen molar-refractivity contribution in [3.8, 4) is 0 Å². The van der Waals surface area contributed by atoms with Gasteiger partial charge in [0.05, 0.1) is 11.7 Å². The minimum absolute atomic E-state index is 0.00925. The molecule has 6 nitrogen and oxygen atoms in total. The highest BCUT2D eigenvalue weighted by molar-refractivity contribution is 7.90. The smallest absolute Gasteiger partial charge is 0.251 e. The van der Waals surface area contributed by atoms with E-state index < -0.39 is 15.9 Å². The molecule has 7 heteroatoms. The van der Waals surface area contributed by atoms with Gasteiger partial charge in [0.15, 0.2) is 14.9 Å². The molecule has 0 radical (unpaired) electrons. The molecule has 0 aliphatic heterocycles. The molecular formula is C14H15N3O3S. The SMILES string of the molecule is C[C@H](NC(=O)c1ccncc1)c1cccc(S(C)(=O)=O)n1. The number of hydrogen-bond donors (Lipinski definition) is 1. The fraction of sp³-hybridized carbons (Fsp3) is 0.214. The molecule has 21 heavy (non-hydrogen) atoms. The van der Waals surface area contributed by atoms with E-state index in [0.29, 0.717) is 11.3 Å². The van der Waals surface area contributed by atoms with Crippen molar-refractivity contribution in [2.45, 2.75) is 18.0 Å². The lowest BCUT2D eigenvalue weighted by atomic mass is 10.2. The molecular weight excluding hydrogens is 290 g/mol. The van der Waals surface area contributed by atoms with Crippen LogP contribution in [0.3, 0.4) is 0 Å². The molecule has 2 rings (SSSR count). The van der Waals surface area contributed by atoms with Crippen LogP contribution in [0, 0.1) is 0 Å². The largest absolute Gasteiger partial charge is 0.344 e. The van der Waals surface area contributed by atoms with E-state index in [2.05, 4.69) is 15.3 Å². The van der Waals surface area contributed by atoms with Crippen molar-refractivity contribution in [3.05, 3.63) is 54.0 Å². The summed E-state index contributed by atoms with van der Waals surface area (Å²) in [4.78, 5) is 19.9. The molecule has 0 aliphatic carbocycles. The van der Waals surface area contributed by atoms with E-state index in [1.54, 1.807) is 31.2 Å². The minimum Gasteiger partial charge on any atom is -0.344 e. The highest BCUT2D eigenvalue weighted by Gasteiger charge is 2.15. The molecule has 110 valence electrons. The molecule has 0 aliphatic rings. The average Bonchev–Trinajstić information content (AvgIpc) is 2.47. The van der Waals surface area contributed by atoms with Crippen LogP contribution in [0.4, 0.5) is 0 Å². The quantitative estimate of drug-likeness (QED) is 0.921. The second kappa shape index (κ2) is 6.01. The normalized spacial score (nSPS) is 12.7. The summed E-state index contributed by atoms with van der Waals surface area (Å²) in [5, 5.41) is 2.76. The molecule has 0 bridgehead atoms. The summed E-state index contributed by atoms with van der Waals surface area (Å²) >= 11 is 0. The molecule has 0 fully saturated rings. The van der Waals surface area contributed by atoms with Gasteiger partial charge in [-0.25, -0.2) is 13.4 Å². The maximum absolute atomic E-state index is 12.0. The summed E-state index contributed by atoms with van der Waals surface area (Å²) in [7, 11) is -3.37. The minimum atomic E-state index is -3.37. The summed E-state index contributed by atoms with van der Waals surface area (Å²) in [5.74, 6) is -0.267. The third kappa shape index (κ3) is 3.85. The Balaban J connectivity index is 2.18. The molecule has 1 atom stereocenters. The first-order valence-electron chi connectivity index (χ1n) is 6.26. The van der Waals surface area contributed by atoms with Gasteiger partial charge in [-0.2, -0.15) is 0 Å². The van der Waals surface area contributed by atoms with Gasteiger partial charge in [0, 0.05) is 24.2 Å². The Hall–Kier alpha value is -2.28. The zero-order chi connectivity index (χ0) is 15.5. The number of hydrogen-bond acceptors (Lipinski definition) is 5. The van der Waals surface area contributed by atoms with Gasteiger partial charge in [0.1, 0.15) is 0 Å². The number of amides is 1. The van der Waals surface area contributed by atoms with E-state index in [9.17, 15) is 13.2 Å². The van der Waals surface area contributed by atoms with Gasteiger partial charge < -0.3 is 5.32 Å². The van der Waals surface area contributed by atoms with Crippen molar-refractivity contribution < 1.29 is 13.2 Å². The maximum Gasteiger partial charge on any atom is 0.251 e. The molecule has 0 saturated carbocycles. The number of sulfone groups is 1. The third-order valence-corrected chi connectivity index (χ3v) is 3.85. The number of nitrogens with one attached hydrogen (secondary N) is 1. The molecule has 1 amide bonds. The van der Waals surface area contributed by atoms with Crippen LogP contribution >= 0.6 is 0 Å².